The van der Waals surface area contributed by atoms with Crippen molar-refractivity contribution in [2.75, 3.05) is 18.1 Å². The Balaban J connectivity index is 3.50. The first-order chi connectivity index (χ1) is 7.02. The van der Waals surface area contributed by atoms with Crippen LogP contribution >= 0.6 is 0 Å². The van der Waals surface area contributed by atoms with Crippen molar-refractivity contribution in [1.82, 2.24) is 5.32 Å². The first-order valence-electron chi connectivity index (χ1n) is 5.49. The van der Waals surface area contributed by atoms with Gasteiger partial charge in [0.2, 0.25) is 5.91 Å². The fourth-order valence-electron chi connectivity index (χ4n) is 1.10. The maximum atomic E-state index is 11.1. The molecule has 0 fully saturated rings. The monoisotopic (exact) mass is 235 g/mol. The normalized spacial score (nSPS) is 11.3. The molecule has 1 amide bonds. The number of unbranched alkanes of at least 4 members (excludes halogenated alkanes) is 1. The van der Waals surface area contributed by atoms with E-state index in [1.807, 2.05) is 6.92 Å². The van der Waals surface area contributed by atoms with E-state index in [4.69, 9.17) is 0 Å². The average molecular weight is 235 g/mol. The topological polar surface area (TPSA) is 63.2 Å². The van der Waals surface area contributed by atoms with Gasteiger partial charge in [0.05, 0.1) is 5.75 Å². The van der Waals surface area contributed by atoms with E-state index >= 15 is 0 Å². The van der Waals surface area contributed by atoms with E-state index in [2.05, 4.69) is 5.32 Å². The van der Waals surface area contributed by atoms with Crippen LogP contribution in [0.3, 0.4) is 0 Å². The summed E-state index contributed by atoms with van der Waals surface area (Å²) in [6, 6.07) is 0. The van der Waals surface area contributed by atoms with Crippen LogP contribution in [0.15, 0.2) is 0 Å². The number of carbonyl (C=O) groups excluding carboxylic acids is 1. The highest BCUT2D eigenvalue weighted by molar-refractivity contribution is 7.91. The summed E-state index contributed by atoms with van der Waals surface area (Å²) in [5.41, 5.74) is 0. The van der Waals surface area contributed by atoms with Crippen molar-refractivity contribution in [2.24, 2.45) is 0 Å². The van der Waals surface area contributed by atoms with Gasteiger partial charge in [-0.2, -0.15) is 0 Å². The zero-order valence-electron chi connectivity index (χ0n) is 9.58. The molecule has 0 heterocycles. The van der Waals surface area contributed by atoms with Crippen molar-refractivity contribution in [3.05, 3.63) is 0 Å². The first-order valence-corrected chi connectivity index (χ1v) is 7.31. The van der Waals surface area contributed by atoms with E-state index in [1.165, 1.54) is 0 Å². The molecule has 0 unspecified atom stereocenters. The first kappa shape index (κ1) is 14.4. The number of rotatable bonds is 8. The predicted molar refractivity (Wildman–Crippen MR) is 61.5 cm³/mol. The fourth-order valence-corrected chi connectivity index (χ4v) is 2.04. The molecule has 5 heteroatoms. The van der Waals surface area contributed by atoms with Crippen LogP contribution in [0.5, 0.6) is 0 Å². The Morgan fingerprint density at radius 1 is 1.20 bits per heavy atom. The minimum atomic E-state index is -2.87. The Morgan fingerprint density at radius 2 is 1.87 bits per heavy atom. The van der Waals surface area contributed by atoms with E-state index in [0.717, 1.165) is 6.42 Å². The highest BCUT2D eigenvalue weighted by Crippen LogP contribution is 2.00. The summed E-state index contributed by atoms with van der Waals surface area (Å²) in [4.78, 5) is 11.1. The quantitative estimate of drug-likeness (QED) is 0.641. The van der Waals surface area contributed by atoms with Crippen LogP contribution in [0.4, 0.5) is 0 Å². The SMILES string of the molecule is CCCNC(=O)CCCCS(=O)(=O)CC. The Bertz CT molecular complexity index is 272. The summed E-state index contributed by atoms with van der Waals surface area (Å²) in [5, 5.41) is 2.76. The van der Waals surface area contributed by atoms with Crippen molar-refractivity contribution >= 4 is 15.7 Å². The third kappa shape index (κ3) is 8.42. The van der Waals surface area contributed by atoms with Gasteiger partial charge < -0.3 is 5.32 Å². The summed E-state index contributed by atoms with van der Waals surface area (Å²) in [7, 11) is -2.87. The molecule has 90 valence electrons. The van der Waals surface area contributed by atoms with E-state index in [0.29, 0.717) is 25.8 Å². The average Bonchev–Trinajstić information content (AvgIpc) is 2.21. The lowest BCUT2D eigenvalue weighted by Gasteiger charge is -2.03. The van der Waals surface area contributed by atoms with Crippen LogP contribution in [0.2, 0.25) is 0 Å². The smallest absolute Gasteiger partial charge is 0.219 e. The Labute approximate surface area is 92.4 Å². The molecule has 0 aromatic carbocycles. The van der Waals surface area contributed by atoms with Gasteiger partial charge in [-0.3, -0.25) is 4.79 Å². The summed E-state index contributed by atoms with van der Waals surface area (Å²) < 4.78 is 22.2. The third-order valence-electron chi connectivity index (χ3n) is 2.12. The molecule has 0 atom stereocenters. The molecule has 0 saturated heterocycles. The number of carbonyl (C=O) groups is 1. The van der Waals surface area contributed by atoms with E-state index in [1.54, 1.807) is 6.92 Å². The van der Waals surface area contributed by atoms with Gasteiger partial charge >= 0.3 is 0 Å². The van der Waals surface area contributed by atoms with Gasteiger partial charge in [-0.15, -0.1) is 0 Å². The van der Waals surface area contributed by atoms with Gasteiger partial charge in [-0.1, -0.05) is 13.8 Å². The highest BCUT2D eigenvalue weighted by Gasteiger charge is 2.07. The zero-order chi connectivity index (χ0) is 11.7. The van der Waals surface area contributed by atoms with Crippen LogP contribution in [0.25, 0.3) is 0 Å². The van der Waals surface area contributed by atoms with Gasteiger partial charge in [-0.25, -0.2) is 8.42 Å². The second-order valence-electron chi connectivity index (χ2n) is 3.54. The van der Waals surface area contributed by atoms with Gasteiger partial charge in [0, 0.05) is 18.7 Å². The summed E-state index contributed by atoms with van der Waals surface area (Å²) in [6.45, 7) is 4.34. The molecular weight excluding hydrogens is 214 g/mol. The minimum absolute atomic E-state index is 0.0192. The second-order valence-corrected chi connectivity index (χ2v) is 6.02. The van der Waals surface area contributed by atoms with Crippen molar-refractivity contribution < 1.29 is 13.2 Å². The molecule has 15 heavy (non-hydrogen) atoms. The maximum Gasteiger partial charge on any atom is 0.219 e. The summed E-state index contributed by atoms with van der Waals surface area (Å²) in [5.74, 6) is 0.408. The number of nitrogens with one attached hydrogen (secondary N) is 1. The Hall–Kier alpha value is -0.580. The highest BCUT2D eigenvalue weighted by atomic mass is 32.2. The number of amides is 1. The van der Waals surface area contributed by atoms with Crippen molar-refractivity contribution in [3.8, 4) is 0 Å². The molecule has 0 aliphatic carbocycles. The molecule has 0 saturated carbocycles. The standard InChI is InChI=1S/C10H21NO3S/c1-3-8-11-10(12)7-5-6-9-15(13,14)4-2/h3-9H2,1-2H3,(H,11,12). The molecule has 0 aromatic rings. The second kappa shape index (κ2) is 7.68. The van der Waals surface area contributed by atoms with E-state index < -0.39 is 9.84 Å². The predicted octanol–water partition coefficient (Wildman–Crippen LogP) is 1.12. The van der Waals surface area contributed by atoms with Crippen molar-refractivity contribution in [3.63, 3.8) is 0 Å². The third-order valence-corrected chi connectivity index (χ3v) is 3.91. The molecule has 0 aromatic heterocycles. The fraction of sp³-hybridized carbons (Fsp3) is 0.900. The lowest BCUT2D eigenvalue weighted by molar-refractivity contribution is -0.121. The van der Waals surface area contributed by atoms with Crippen LogP contribution < -0.4 is 5.32 Å². The van der Waals surface area contributed by atoms with Crippen LogP contribution in [0, 0.1) is 0 Å². The Kier molecular flexibility index (Phi) is 7.38. The zero-order valence-corrected chi connectivity index (χ0v) is 10.4. The number of hydrogen-bond acceptors (Lipinski definition) is 3. The van der Waals surface area contributed by atoms with E-state index in [-0.39, 0.29) is 17.4 Å². The molecule has 0 aliphatic heterocycles. The van der Waals surface area contributed by atoms with Crippen LogP contribution in [0.1, 0.15) is 39.5 Å². The molecule has 0 rings (SSSR count). The molecule has 4 nitrogen and oxygen atoms in total. The summed E-state index contributed by atoms with van der Waals surface area (Å²) in [6.07, 6.45) is 2.58. The minimum Gasteiger partial charge on any atom is -0.356 e. The van der Waals surface area contributed by atoms with E-state index in [9.17, 15) is 13.2 Å². The Morgan fingerprint density at radius 3 is 2.40 bits per heavy atom. The lowest BCUT2D eigenvalue weighted by Crippen LogP contribution is -2.23. The van der Waals surface area contributed by atoms with Gasteiger partial charge in [0.15, 0.2) is 0 Å². The molecule has 0 radical (unpaired) electrons. The molecule has 1 N–H and O–H groups in total. The summed E-state index contributed by atoms with van der Waals surface area (Å²) >= 11 is 0. The van der Waals surface area contributed by atoms with Crippen molar-refractivity contribution in [1.29, 1.82) is 0 Å². The maximum absolute atomic E-state index is 11.1. The molecule has 0 bridgehead atoms. The molecule has 0 aliphatic rings. The van der Waals surface area contributed by atoms with Gasteiger partial charge in [0.1, 0.15) is 9.84 Å². The van der Waals surface area contributed by atoms with Crippen molar-refractivity contribution in [2.45, 2.75) is 39.5 Å². The van der Waals surface area contributed by atoms with Crippen LogP contribution in [-0.2, 0) is 14.6 Å². The largest absolute Gasteiger partial charge is 0.356 e. The van der Waals surface area contributed by atoms with Gasteiger partial charge in [0.25, 0.3) is 0 Å². The number of hydrogen-bond donors (Lipinski definition) is 1. The number of sulfone groups is 1. The van der Waals surface area contributed by atoms with Gasteiger partial charge in [-0.05, 0) is 19.3 Å². The molecular formula is C10H21NO3S. The molecule has 0 spiro atoms. The lowest BCUT2D eigenvalue weighted by atomic mass is 10.2. The van der Waals surface area contributed by atoms with Crippen LogP contribution in [-0.4, -0.2) is 32.4 Å².